The maximum absolute atomic E-state index is 11.8. The van der Waals surface area contributed by atoms with Crippen LogP contribution in [0.3, 0.4) is 0 Å². The number of rotatable bonds is 6. The molecule has 2 nitrogen and oxygen atoms in total. The molecular formula is C21H31NOS. The first-order valence-electron chi connectivity index (χ1n) is 9.40. The van der Waals surface area contributed by atoms with Crippen LogP contribution in [0.15, 0.2) is 52.8 Å². The molecule has 2 aliphatic rings. The minimum atomic E-state index is -1.59. The molecule has 1 aromatic carbocycles. The van der Waals surface area contributed by atoms with Crippen molar-refractivity contribution >= 4 is 10.2 Å². The average molecular weight is 346 g/mol. The van der Waals surface area contributed by atoms with Gasteiger partial charge in [0.25, 0.3) is 0 Å². The molecule has 0 bridgehead atoms. The molecule has 3 heteroatoms. The summed E-state index contributed by atoms with van der Waals surface area (Å²) in [5.41, 5.74) is 2.47. The summed E-state index contributed by atoms with van der Waals surface area (Å²) < 4.78 is 3.69. The predicted molar refractivity (Wildman–Crippen MR) is 106 cm³/mol. The molecule has 0 spiro atoms. The van der Waals surface area contributed by atoms with Gasteiger partial charge in [-0.1, -0.05) is 69.5 Å². The second-order valence-electron chi connectivity index (χ2n) is 6.97. The van der Waals surface area contributed by atoms with Gasteiger partial charge in [0, 0.05) is 6.54 Å². The number of hydrogen-bond acceptors (Lipinski definition) is 2. The highest BCUT2D eigenvalue weighted by Gasteiger charge is 2.45. The van der Waals surface area contributed by atoms with Gasteiger partial charge in [0.15, 0.2) is 0 Å². The fourth-order valence-electron chi connectivity index (χ4n) is 4.14. The molecule has 1 saturated carbocycles. The van der Waals surface area contributed by atoms with Crippen LogP contribution in [-0.2, 0) is 4.93 Å². The molecule has 2 N–H and O–H groups in total. The van der Waals surface area contributed by atoms with Crippen LogP contribution in [-0.4, -0.2) is 11.7 Å². The lowest BCUT2D eigenvalue weighted by molar-refractivity contribution is 0.128. The Morgan fingerprint density at radius 1 is 1.12 bits per heavy atom. The third kappa shape index (κ3) is 3.10. The van der Waals surface area contributed by atoms with Gasteiger partial charge in [-0.25, -0.2) is 0 Å². The van der Waals surface area contributed by atoms with Crippen molar-refractivity contribution in [2.45, 2.75) is 57.3 Å². The minimum Gasteiger partial charge on any atom is -0.375 e. The molecule has 3 rings (SSSR count). The Hall–Kier alpha value is -1.03. The van der Waals surface area contributed by atoms with Crippen molar-refractivity contribution in [1.82, 2.24) is 4.72 Å². The van der Waals surface area contributed by atoms with Crippen molar-refractivity contribution in [3.05, 3.63) is 58.4 Å². The lowest BCUT2D eigenvalue weighted by atomic mass is 9.84. The van der Waals surface area contributed by atoms with Crippen LogP contribution in [0, 0.1) is 5.92 Å². The van der Waals surface area contributed by atoms with E-state index in [4.69, 9.17) is 0 Å². The Morgan fingerprint density at radius 2 is 1.83 bits per heavy atom. The summed E-state index contributed by atoms with van der Waals surface area (Å²) in [6, 6.07) is 10.2. The van der Waals surface area contributed by atoms with Gasteiger partial charge in [-0.2, -0.15) is 0 Å². The molecule has 24 heavy (non-hydrogen) atoms. The molecule has 1 aromatic rings. The minimum absolute atomic E-state index is 0.680. The number of aliphatic hydroxyl groups is 1. The van der Waals surface area contributed by atoms with E-state index >= 15 is 0 Å². The van der Waals surface area contributed by atoms with E-state index in [0.717, 1.165) is 12.1 Å². The molecule has 0 radical (unpaired) electrons. The number of hydrogen-bond donors (Lipinski definition) is 2. The number of benzene rings is 1. The Kier molecular flexibility index (Phi) is 5.53. The molecule has 0 amide bonds. The zero-order chi connectivity index (χ0) is 17.0. The molecule has 0 aromatic heterocycles. The highest BCUT2D eigenvalue weighted by Crippen LogP contribution is 2.67. The van der Waals surface area contributed by atoms with E-state index in [9.17, 15) is 5.11 Å². The Balaban J connectivity index is 1.99. The molecule has 132 valence electrons. The topological polar surface area (TPSA) is 32.3 Å². The third-order valence-electron chi connectivity index (χ3n) is 5.52. The van der Waals surface area contributed by atoms with Crippen molar-refractivity contribution in [2.75, 3.05) is 6.54 Å². The van der Waals surface area contributed by atoms with Crippen LogP contribution in [0.4, 0.5) is 0 Å². The van der Waals surface area contributed by atoms with E-state index in [1.54, 1.807) is 0 Å². The maximum Gasteiger partial charge on any atom is 0.138 e. The molecule has 2 atom stereocenters. The SMILES string of the molecule is CCNS1(C(O)(CC)c2ccccc2)C=CC(C2CCCCC2)=C1. The summed E-state index contributed by atoms with van der Waals surface area (Å²) in [7, 11) is -1.59. The molecule has 1 aliphatic heterocycles. The Morgan fingerprint density at radius 3 is 2.46 bits per heavy atom. The largest absolute Gasteiger partial charge is 0.375 e. The Labute approximate surface area is 148 Å². The highest BCUT2D eigenvalue weighted by atomic mass is 32.3. The van der Waals surface area contributed by atoms with E-state index in [1.165, 1.54) is 37.7 Å². The summed E-state index contributed by atoms with van der Waals surface area (Å²) in [5, 5.41) is 16.5. The Bertz CT molecular complexity index is 606. The molecular weight excluding hydrogens is 314 g/mol. The molecule has 1 fully saturated rings. The monoisotopic (exact) mass is 345 g/mol. The normalized spacial score (nSPS) is 29.7. The number of allylic oxidation sites excluding steroid dienone is 2. The zero-order valence-electron chi connectivity index (χ0n) is 15.0. The van der Waals surface area contributed by atoms with Gasteiger partial charge in [-0.3, -0.25) is 4.72 Å². The summed E-state index contributed by atoms with van der Waals surface area (Å²) >= 11 is 0. The lowest BCUT2D eigenvalue weighted by Crippen LogP contribution is -2.37. The lowest BCUT2D eigenvalue weighted by Gasteiger charge is -2.48. The van der Waals surface area contributed by atoms with Crippen LogP contribution >= 0.6 is 10.2 Å². The second-order valence-corrected chi connectivity index (χ2v) is 9.86. The maximum atomic E-state index is 11.8. The van der Waals surface area contributed by atoms with E-state index in [0.29, 0.717) is 12.3 Å². The fraction of sp³-hybridized carbons (Fsp3) is 0.524. The fourth-order valence-corrected chi connectivity index (χ4v) is 7.61. The van der Waals surface area contributed by atoms with Crippen molar-refractivity contribution in [3.8, 4) is 0 Å². The zero-order valence-corrected chi connectivity index (χ0v) is 15.8. The van der Waals surface area contributed by atoms with E-state index in [2.05, 4.69) is 47.6 Å². The van der Waals surface area contributed by atoms with Gasteiger partial charge in [-0.15, -0.1) is 10.2 Å². The first-order valence-corrected chi connectivity index (χ1v) is 11.2. The summed E-state index contributed by atoms with van der Waals surface area (Å²) in [6.45, 7) is 5.10. The van der Waals surface area contributed by atoms with Gasteiger partial charge in [0.2, 0.25) is 0 Å². The van der Waals surface area contributed by atoms with Gasteiger partial charge in [0.1, 0.15) is 4.93 Å². The first-order chi connectivity index (χ1) is 11.6. The van der Waals surface area contributed by atoms with Crippen LogP contribution in [0.25, 0.3) is 0 Å². The van der Waals surface area contributed by atoms with Crippen molar-refractivity contribution in [2.24, 2.45) is 5.92 Å². The summed E-state index contributed by atoms with van der Waals surface area (Å²) in [5.74, 6) is 0.680. The van der Waals surface area contributed by atoms with Gasteiger partial charge in [0.05, 0.1) is 0 Å². The number of nitrogens with one attached hydrogen (secondary N) is 1. The second kappa shape index (κ2) is 7.47. The van der Waals surface area contributed by atoms with Gasteiger partial charge >= 0.3 is 0 Å². The molecule has 2 unspecified atom stereocenters. The van der Waals surface area contributed by atoms with Gasteiger partial charge in [-0.05, 0) is 47.1 Å². The van der Waals surface area contributed by atoms with E-state index in [1.807, 2.05) is 18.2 Å². The standard InChI is InChI=1S/C21H31NOS/c1-3-21(23,20-13-9-6-10-14-20)24(22-4-2)16-15-19(17-24)18-11-7-5-8-12-18/h6,9-10,13-18,22-23H,3-5,7-8,11-12H2,1-2H3. The average Bonchev–Trinajstić information content (AvgIpc) is 3.08. The first kappa shape index (κ1) is 17.8. The molecule has 1 aliphatic carbocycles. The van der Waals surface area contributed by atoms with Gasteiger partial charge < -0.3 is 5.11 Å². The summed E-state index contributed by atoms with van der Waals surface area (Å²) in [4.78, 5) is -0.850. The van der Waals surface area contributed by atoms with Crippen molar-refractivity contribution in [3.63, 3.8) is 0 Å². The van der Waals surface area contributed by atoms with E-state index < -0.39 is 15.1 Å². The van der Waals surface area contributed by atoms with Crippen LogP contribution in [0.2, 0.25) is 0 Å². The van der Waals surface area contributed by atoms with Crippen LogP contribution in [0.1, 0.15) is 57.9 Å². The smallest absolute Gasteiger partial charge is 0.138 e. The highest BCUT2D eigenvalue weighted by molar-refractivity contribution is 8.37. The van der Waals surface area contributed by atoms with Crippen molar-refractivity contribution < 1.29 is 5.11 Å². The summed E-state index contributed by atoms with van der Waals surface area (Å²) in [6.07, 6.45) is 9.67. The van der Waals surface area contributed by atoms with Crippen LogP contribution < -0.4 is 4.72 Å². The van der Waals surface area contributed by atoms with Crippen molar-refractivity contribution in [1.29, 1.82) is 0 Å². The third-order valence-corrected chi connectivity index (χ3v) is 9.14. The van der Waals surface area contributed by atoms with Crippen LogP contribution in [0.5, 0.6) is 0 Å². The molecule has 1 heterocycles. The molecule has 0 saturated heterocycles. The predicted octanol–water partition coefficient (Wildman–Crippen LogP) is 5.56. The van der Waals surface area contributed by atoms with E-state index in [-0.39, 0.29) is 0 Å². The quantitative estimate of drug-likeness (QED) is 0.707.